The highest BCUT2D eigenvalue weighted by Crippen LogP contribution is 2.47. The van der Waals surface area contributed by atoms with Crippen LogP contribution in [0.25, 0.3) is 22.2 Å². The Morgan fingerprint density at radius 2 is 1.82 bits per heavy atom. The molecule has 166 valence electrons. The minimum absolute atomic E-state index is 0.0629. The summed E-state index contributed by atoms with van der Waals surface area (Å²) < 4.78 is 43.0. The molecule has 1 amide bonds. The van der Waals surface area contributed by atoms with Crippen molar-refractivity contribution < 1.29 is 18.0 Å². The molecule has 5 nitrogen and oxygen atoms in total. The van der Waals surface area contributed by atoms with E-state index < -0.39 is 17.5 Å². The van der Waals surface area contributed by atoms with E-state index in [0.29, 0.717) is 23.2 Å². The van der Waals surface area contributed by atoms with E-state index in [9.17, 15) is 18.0 Å². The van der Waals surface area contributed by atoms with Gasteiger partial charge in [0.2, 0.25) is 0 Å². The average molecular weight is 448 g/mol. The lowest BCUT2D eigenvalue weighted by atomic mass is 9.93. The Kier molecular flexibility index (Phi) is 4.33. The number of rotatable bonds is 2. The predicted octanol–water partition coefficient (Wildman–Crippen LogP) is 4.95. The van der Waals surface area contributed by atoms with Crippen molar-refractivity contribution in [2.24, 2.45) is 7.05 Å². The molecule has 6 rings (SSSR count). The minimum atomic E-state index is -1.49. The molecule has 4 aromatic rings. The van der Waals surface area contributed by atoms with Crippen LogP contribution in [0, 0.1) is 17.5 Å². The molecule has 2 atom stereocenters. The Morgan fingerprint density at radius 3 is 2.61 bits per heavy atom. The number of aromatic nitrogens is 3. The van der Waals surface area contributed by atoms with Gasteiger partial charge in [-0.1, -0.05) is 18.2 Å². The standard InChI is InChI=1S/C25H19F3N4O/c1-31-24(14-10-18(26)21(28)19(27)11-14)17-12-15-7-8-20(23(17)30-31)32(15)25(33)16-6-2-4-13-5-3-9-29-22(13)16/h2-6,9-11,15,20H,7-8,12H2,1H3/t15-,20+/m0/s1. The highest BCUT2D eigenvalue weighted by atomic mass is 19.2. The van der Waals surface area contributed by atoms with Crippen LogP contribution < -0.4 is 0 Å². The molecule has 1 saturated heterocycles. The van der Waals surface area contributed by atoms with Gasteiger partial charge in [-0.15, -0.1) is 0 Å². The average Bonchev–Trinajstić information content (AvgIpc) is 3.32. The summed E-state index contributed by atoms with van der Waals surface area (Å²) >= 11 is 0. The molecule has 2 aromatic heterocycles. The molecular formula is C25H19F3N4O. The van der Waals surface area contributed by atoms with E-state index in [-0.39, 0.29) is 23.6 Å². The zero-order valence-electron chi connectivity index (χ0n) is 17.7. The van der Waals surface area contributed by atoms with Crippen molar-refractivity contribution in [2.75, 3.05) is 0 Å². The van der Waals surface area contributed by atoms with E-state index in [0.717, 1.165) is 41.6 Å². The van der Waals surface area contributed by atoms with E-state index >= 15 is 0 Å². The van der Waals surface area contributed by atoms with Crippen LogP contribution in [0.5, 0.6) is 0 Å². The van der Waals surface area contributed by atoms with Gasteiger partial charge in [-0.3, -0.25) is 14.5 Å². The van der Waals surface area contributed by atoms with Crippen LogP contribution in [0.3, 0.4) is 0 Å². The first-order valence-corrected chi connectivity index (χ1v) is 10.8. The number of carbonyl (C=O) groups excluding carboxylic acids is 1. The van der Waals surface area contributed by atoms with E-state index in [4.69, 9.17) is 0 Å². The topological polar surface area (TPSA) is 51.0 Å². The number of pyridine rings is 1. The molecule has 0 spiro atoms. The van der Waals surface area contributed by atoms with Crippen LogP contribution in [-0.2, 0) is 13.5 Å². The van der Waals surface area contributed by atoms with Crippen molar-refractivity contribution in [3.8, 4) is 11.3 Å². The van der Waals surface area contributed by atoms with Crippen molar-refractivity contribution >= 4 is 16.8 Å². The molecular weight excluding hydrogens is 429 g/mol. The molecule has 0 aliphatic carbocycles. The Bertz CT molecular complexity index is 1420. The lowest BCUT2D eigenvalue weighted by molar-refractivity contribution is 0.0644. The number of nitrogens with zero attached hydrogens (tertiary/aromatic N) is 4. The van der Waals surface area contributed by atoms with Crippen LogP contribution in [0.1, 0.15) is 40.5 Å². The van der Waals surface area contributed by atoms with Crippen molar-refractivity contribution in [3.63, 3.8) is 0 Å². The van der Waals surface area contributed by atoms with E-state index in [1.807, 2.05) is 29.2 Å². The van der Waals surface area contributed by atoms with Crippen LogP contribution in [0.2, 0.25) is 0 Å². The Morgan fingerprint density at radius 1 is 1.06 bits per heavy atom. The summed E-state index contributed by atoms with van der Waals surface area (Å²) in [7, 11) is 1.70. The summed E-state index contributed by atoms with van der Waals surface area (Å²) in [6.07, 6.45) is 3.75. The molecule has 2 aromatic carbocycles. The van der Waals surface area contributed by atoms with Gasteiger partial charge in [0.15, 0.2) is 17.5 Å². The third-order valence-electron chi connectivity index (χ3n) is 6.79. The molecule has 2 aliphatic rings. The number of aryl methyl sites for hydroxylation is 1. The van der Waals surface area contributed by atoms with Crippen molar-refractivity contribution in [3.05, 3.63) is 82.9 Å². The second-order valence-electron chi connectivity index (χ2n) is 8.63. The predicted molar refractivity (Wildman–Crippen MR) is 116 cm³/mol. The fraction of sp³-hybridized carbons (Fsp3) is 0.240. The largest absolute Gasteiger partial charge is 0.327 e. The number of fused-ring (bicyclic) bond motifs is 5. The van der Waals surface area contributed by atoms with E-state index in [1.54, 1.807) is 24.0 Å². The molecule has 2 aliphatic heterocycles. The maximum Gasteiger partial charge on any atom is 0.256 e. The number of carbonyl (C=O) groups is 1. The van der Waals surface area contributed by atoms with Gasteiger partial charge in [0, 0.05) is 35.8 Å². The number of hydrogen-bond acceptors (Lipinski definition) is 3. The van der Waals surface area contributed by atoms with Gasteiger partial charge < -0.3 is 4.90 Å². The summed E-state index contributed by atoms with van der Waals surface area (Å²) in [4.78, 5) is 20.0. The molecule has 2 bridgehead atoms. The molecule has 0 N–H and O–H groups in total. The van der Waals surface area contributed by atoms with Gasteiger partial charge >= 0.3 is 0 Å². The van der Waals surface area contributed by atoms with Gasteiger partial charge in [-0.05, 0) is 43.5 Å². The second-order valence-corrected chi connectivity index (χ2v) is 8.63. The van der Waals surface area contributed by atoms with Gasteiger partial charge in [0.25, 0.3) is 5.91 Å². The third-order valence-corrected chi connectivity index (χ3v) is 6.79. The maximum absolute atomic E-state index is 13.9. The number of para-hydroxylation sites is 1. The first-order valence-electron chi connectivity index (χ1n) is 10.8. The fourth-order valence-corrected chi connectivity index (χ4v) is 5.42. The van der Waals surface area contributed by atoms with E-state index in [2.05, 4.69) is 10.1 Å². The Hall–Kier alpha value is -3.68. The van der Waals surface area contributed by atoms with Gasteiger partial charge in [0.1, 0.15) is 0 Å². The molecule has 0 radical (unpaired) electrons. The van der Waals surface area contributed by atoms with Crippen molar-refractivity contribution in [1.82, 2.24) is 19.7 Å². The van der Waals surface area contributed by atoms with Crippen LogP contribution in [0.15, 0.2) is 48.7 Å². The quantitative estimate of drug-likeness (QED) is 0.408. The van der Waals surface area contributed by atoms with Gasteiger partial charge in [0.05, 0.1) is 28.5 Å². The molecule has 0 saturated carbocycles. The first-order chi connectivity index (χ1) is 15.9. The summed E-state index contributed by atoms with van der Waals surface area (Å²) in [5.41, 5.74) is 3.59. The lowest BCUT2D eigenvalue weighted by Crippen LogP contribution is -2.42. The smallest absolute Gasteiger partial charge is 0.256 e. The SMILES string of the molecule is Cn1nc2c(c1-c1cc(F)c(F)c(F)c1)C[C@@H]1CC[C@H]2N1C(=O)c1cccc2cccnc12. The highest BCUT2D eigenvalue weighted by molar-refractivity contribution is 6.06. The van der Waals surface area contributed by atoms with Crippen LogP contribution >= 0.6 is 0 Å². The highest BCUT2D eigenvalue weighted by Gasteiger charge is 2.46. The fourth-order valence-electron chi connectivity index (χ4n) is 5.42. The molecule has 0 unspecified atom stereocenters. The van der Waals surface area contributed by atoms with Crippen molar-refractivity contribution in [2.45, 2.75) is 31.3 Å². The minimum Gasteiger partial charge on any atom is -0.327 e. The number of hydrogen-bond donors (Lipinski definition) is 0. The summed E-state index contributed by atoms with van der Waals surface area (Å²) in [6.45, 7) is 0. The normalized spacial score (nSPS) is 19.2. The molecule has 4 heterocycles. The summed E-state index contributed by atoms with van der Waals surface area (Å²) in [5.74, 6) is -4.06. The first kappa shape index (κ1) is 20.0. The van der Waals surface area contributed by atoms with Crippen molar-refractivity contribution in [1.29, 1.82) is 0 Å². The van der Waals surface area contributed by atoms with Gasteiger partial charge in [-0.2, -0.15) is 5.10 Å². The Balaban J connectivity index is 1.44. The Labute approximate surface area is 187 Å². The number of benzene rings is 2. The summed E-state index contributed by atoms with van der Waals surface area (Å²) in [5, 5.41) is 5.54. The molecule has 8 heteroatoms. The maximum atomic E-state index is 13.9. The molecule has 33 heavy (non-hydrogen) atoms. The van der Waals surface area contributed by atoms with Gasteiger partial charge in [-0.25, -0.2) is 13.2 Å². The third kappa shape index (κ3) is 2.90. The number of amides is 1. The zero-order valence-corrected chi connectivity index (χ0v) is 17.7. The number of halogens is 3. The van der Waals surface area contributed by atoms with Crippen LogP contribution in [-0.4, -0.2) is 31.6 Å². The van der Waals surface area contributed by atoms with E-state index in [1.165, 1.54) is 0 Å². The second kappa shape index (κ2) is 7.16. The van der Waals surface area contributed by atoms with Crippen LogP contribution in [0.4, 0.5) is 13.2 Å². The molecule has 1 fully saturated rings. The lowest BCUT2D eigenvalue weighted by Gasteiger charge is -2.34. The summed E-state index contributed by atoms with van der Waals surface area (Å²) in [6, 6.07) is 11.0. The zero-order chi connectivity index (χ0) is 22.9. The monoisotopic (exact) mass is 448 g/mol.